The summed E-state index contributed by atoms with van der Waals surface area (Å²) in [6.07, 6.45) is -5.98. The molecule has 0 radical (unpaired) electrons. The molecule has 1 heterocycles. The Morgan fingerprint density at radius 2 is 2.12 bits per heavy atom. The molecule has 0 aliphatic carbocycles. The van der Waals surface area contributed by atoms with Gasteiger partial charge in [0.25, 0.3) is 0 Å². The van der Waals surface area contributed by atoms with E-state index in [1.165, 1.54) is 6.92 Å². The van der Waals surface area contributed by atoms with Crippen molar-refractivity contribution < 1.29 is 28.2 Å². The van der Waals surface area contributed by atoms with Gasteiger partial charge in [-0.05, 0) is 6.92 Å². The second kappa shape index (κ2) is 4.08. The molecule has 0 aliphatic rings. The third kappa shape index (κ3) is 2.48. The van der Waals surface area contributed by atoms with Crippen molar-refractivity contribution in [1.29, 1.82) is 0 Å². The van der Waals surface area contributed by atoms with Gasteiger partial charge in [0.1, 0.15) is 0 Å². The summed E-state index contributed by atoms with van der Waals surface area (Å²) >= 11 is 0. The Hall–Kier alpha value is -1.64. The predicted octanol–water partition coefficient (Wildman–Crippen LogP) is 0.376. The van der Waals surface area contributed by atoms with Crippen molar-refractivity contribution in [2.45, 2.75) is 25.7 Å². The highest BCUT2D eigenvalue weighted by Crippen LogP contribution is 2.31. The van der Waals surface area contributed by atoms with Crippen molar-refractivity contribution in [2.75, 3.05) is 0 Å². The maximum Gasteiger partial charge on any atom is 0.435 e. The lowest BCUT2D eigenvalue weighted by Crippen LogP contribution is -2.22. The van der Waals surface area contributed by atoms with Gasteiger partial charge in [-0.15, -0.1) is 5.10 Å². The summed E-state index contributed by atoms with van der Waals surface area (Å²) in [5, 5.41) is 23.4. The minimum Gasteiger partial charge on any atom is -0.476 e. The topological polar surface area (TPSA) is 88.2 Å². The Labute approximate surface area is 87.3 Å². The highest BCUT2D eigenvalue weighted by molar-refractivity contribution is 5.86. The smallest absolute Gasteiger partial charge is 0.435 e. The number of halogens is 3. The molecule has 1 aromatic rings. The van der Waals surface area contributed by atoms with Gasteiger partial charge in [0.05, 0.1) is 12.6 Å². The van der Waals surface area contributed by atoms with E-state index in [4.69, 9.17) is 10.2 Å². The van der Waals surface area contributed by atoms with Crippen molar-refractivity contribution in [3.63, 3.8) is 0 Å². The van der Waals surface area contributed by atoms with E-state index in [2.05, 4.69) is 10.3 Å². The molecule has 0 bridgehead atoms. The lowest BCUT2D eigenvalue weighted by molar-refractivity contribution is -0.145. The summed E-state index contributed by atoms with van der Waals surface area (Å²) in [6, 6.07) is 0. The number of hydrogen-bond donors (Lipinski definition) is 2. The molecule has 6 nitrogen and oxygen atoms in total. The van der Waals surface area contributed by atoms with E-state index >= 15 is 0 Å². The van der Waals surface area contributed by atoms with Crippen LogP contribution in [0.25, 0.3) is 0 Å². The molecule has 0 spiro atoms. The molecular weight excluding hydrogens is 231 g/mol. The Bertz CT molecular complexity index is 399. The number of carbonyl (C=O) groups is 1. The number of rotatable bonds is 3. The van der Waals surface area contributed by atoms with Crippen LogP contribution >= 0.6 is 0 Å². The summed E-state index contributed by atoms with van der Waals surface area (Å²) < 4.78 is 37.8. The molecule has 9 heteroatoms. The van der Waals surface area contributed by atoms with Crippen molar-refractivity contribution in [3.8, 4) is 0 Å². The zero-order valence-corrected chi connectivity index (χ0v) is 8.06. The van der Waals surface area contributed by atoms with Crippen LogP contribution in [-0.4, -0.2) is 37.3 Å². The number of aliphatic hydroxyl groups is 1. The fourth-order valence-electron chi connectivity index (χ4n) is 1.12. The fraction of sp³-hybridized carbons (Fsp3) is 0.571. The van der Waals surface area contributed by atoms with E-state index in [1.54, 1.807) is 0 Å². The normalized spacial score (nSPS) is 13.8. The Morgan fingerprint density at radius 3 is 2.50 bits per heavy atom. The minimum absolute atomic E-state index is 0.328. The number of aliphatic hydroxyl groups excluding tert-OH is 1. The summed E-state index contributed by atoms with van der Waals surface area (Å²) in [5.41, 5.74) is -2.64. The third-order valence-corrected chi connectivity index (χ3v) is 1.64. The Balaban J connectivity index is 3.25. The van der Waals surface area contributed by atoms with Crippen molar-refractivity contribution >= 4 is 5.97 Å². The molecule has 0 saturated heterocycles. The SMILES string of the molecule is CC(O)Cn1nnc(C(=O)O)c1C(F)(F)F. The van der Waals surface area contributed by atoms with Crippen LogP contribution in [0.15, 0.2) is 0 Å². The molecular formula is C7H8F3N3O3. The van der Waals surface area contributed by atoms with E-state index in [0.29, 0.717) is 4.68 Å². The van der Waals surface area contributed by atoms with E-state index < -0.39 is 36.2 Å². The van der Waals surface area contributed by atoms with Gasteiger partial charge in [-0.25, -0.2) is 9.48 Å². The maximum atomic E-state index is 12.5. The largest absolute Gasteiger partial charge is 0.476 e. The number of alkyl halides is 3. The molecule has 0 aromatic carbocycles. The molecule has 2 N–H and O–H groups in total. The first-order chi connectivity index (χ1) is 7.23. The van der Waals surface area contributed by atoms with Crippen LogP contribution in [0.5, 0.6) is 0 Å². The second-order valence-electron chi connectivity index (χ2n) is 3.12. The average molecular weight is 239 g/mol. The molecule has 0 fully saturated rings. The van der Waals surface area contributed by atoms with Crippen LogP contribution in [-0.2, 0) is 12.7 Å². The van der Waals surface area contributed by atoms with Crippen LogP contribution in [0.1, 0.15) is 23.1 Å². The van der Waals surface area contributed by atoms with Gasteiger partial charge < -0.3 is 10.2 Å². The Morgan fingerprint density at radius 1 is 1.56 bits per heavy atom. The van der Waals surface area contributed by atoms with Gasteiger partial charge >= 0.3 is 12.1 Å². The molecule has 16 heavy (non-hydrogen) atoms. The fourth-order valence-corrected chi connectivity index (χ4v) is 1.12. The first kappa shape index (κ1) is 12.4. The number of carboxylic acids is 1. The molecule has 1 rings (SSSR count). The van der Waals surface area contributed by atoms with Crippen molar-refractivity contribution in [1.82, 2.24) is 15.0 Å². The van der Waals surface area contributed by atoms with Crippen LogP contribution in [0.2, 0.25) is 0 Å². The minimum atomic E-state index is -4.88. The highest BCUT2D eigenvalue weighted by Gasteiger charge is 2.41. The van der Waals surface area contributed by atoms with Gasteiger partial charge in [-0.1, -0.05) is 5.21 Å². The van der Waals surface area contributed by atoms with Gasteiger partial charge in [0.2, 0.25) is 5.69 Å². The number of nitrogens with zero attached hydrogens (tertiary/aromatic N) is 3. The standard InChI is InChI=1S/C7H8F3N3O3/c1-3(14)2-13-5(7(8,9)10)4(6(15)16)11-12-13/h3,14H,2H2,1H3,(H,15,16). The number of aromatic carboxylic acids is 1. The monoisotopic (exact) mass is 239 g/mol. The van der Waals surface area contributed by atoms with Gasteiger partial charge in [-0.2, -0.15) is 13.2 Å². The van der Waals surface area contributed by atoms with Gasteiger partial charge in [0.15, 0.2) is 5.69 Å². The molecule has 0 saturated carbocycles. The van der Waals surface area contributed by atoms with E-state index in [9.17, 15) is 18.0 Å². The lowest BCUT2D eigenvalue weighted by Gasteiger charge is -2.10. The summed E-state index contributed by atoms with van der Waals surface area (Å²) in [4.78, 5) is 10.5. The zero-order valence-electron chi connectivity index (χ0n) is 8.06. The third-order valence-electron chi connectivity index (χ3n) is 1.64. The van der Waals surface area contributed by atoms with E-state index in [0.717, 1.165) is 0 Å². The second-order valence-corrected chi connectivity index (χ2v) is 3.12. The summed E-state index contributed by atoms with van der Waals surface area (Å²) in [6.45, 7) is 0.775. The number of aromatic nitrogens is 3. The number of carboxylic acid groups (broad SMARTS) is 1. The van der Waals surface area contributed by atoms with Crippen LogP contribution in [0, 0.1) is 0 Å². The molecule has 1 atom stereocenters. The molecule has 0 aliphatic heterocycles. The van der Waals surface area contributed by atoms with Crippen molar-refractivity contribution in [2.24, 2.45) is 0 Å². The summed E-state index contributed by atoms with van der Waals surface area (Å²) in [7, 11) is 0. The summed E-state index contributed by atoms with van der Waals surface area (Å²) in [5.74, 6) is -1.82. The van der Waals surface area contributed by atoms with Crippen LogP contribution < -0.4 is 0 Å². The lowest BCUT2D eigenvalue weighted by atomic mass is 10.3. The molecule has 0 amide bonds. The highest BCUT2D eigenvalue weighted by atomic mass is 19.4. The first-order valence-corrected chi connectivity index (χ1v) is 4.15. The zero-order chi connectivity index (χ0) is 12.5. The first-order valence-electron chi connectivity index (χ1n) is 4.15. The van der Waals surface area contributed by atoms with Crippen molar-refractivity contribution in [3.05, 3.63) is 11.4 Å². The molecule has 1 unspecified atom stereocenters. The van der Waals surface area contributed by atoms with E-state index in [1.807, 2.05) is 0 Å². The molecule has 90 valence electrons. The van der Waals surface area contributed by atoms with E-state index in [-0.39, 0.29) is 0 Å². The Kier molecular flexibility index (Phi) is 3.17. The quantitative estimate of drug-likeness (QED) is 0.795. The molecule has 1 aromatic heterocycles. The number of hydrogen-bond acceptors (Lipinski definition) is 4. The predicted molar refractivity (Wildman–Crippen MR) is 43.7 cm³/mol. The maximum absolute atomic E-state index is 12.5. The average Bonchev–Trinajstić information content (AvgIpc) is 2.45. The van der Waals surface area contributed by atoms with Gasteiger partial charge in [-0.3, -0.25) is 0 Å². The van der Waals surface area contributed by atoms with Crippen LogP contribution in [0.4, 0.5) is 13.2 Å². The van der Waals surface area contributed by atoms with Crippen LogP contribution in [0.3, 0.4) is 0 Å². The van der Waals surface area contributed by atoms with Gasteiger partial charge in [0, 0.05) is 0 Å².